The van der Waals surface area contributed by atoms with E-state index >= 15 is 0 Å². The topological polar surface area (TPSA) is 91.3 Å². The van der Waals surface area contributed by atoms with E-state index in [9.17, 15) is 9.59 Å². The van der Waals surface area contributed by atoms with E-state index in [4.69, 9.17) is 5.11 Å². The molecule has 1 atom stereocenters. The molecule has 0 bridgehead atoms. The number of aliphatic hydroxyl groups is 1. The maximum atomic E-state index is 12.1. The molecule has 0 fully saturated rings. The van der Waals surface area contributed by atoms with Crippen LogP contribution in [0.15, 0.2) is 54.7 Å². The van der Waals surface area contributed by atoms with Crippen LogP contribution in [-0.2, 0) is 9.59 Å². The Hall–Kier alpha value is -2.73. The molecule has 2 aromatic rings. The number of amides is 2. The van der Waals surface area contributed by atoms with Gasteiger partial charge >= 0.3 is 11.8 Å². The van der Waals surface area contributed by atoms with Crippen LogP contribution in [-0.4, -0.2) is 28.5 Å². The Morgan fingerprint density at radius 1 is 1.04 bits per heavy atom. The molecule has 0 radical (unpaired) electrons. The number of benzene rings is 1. The number of carbonyl (C=O) groups excluding carboxylic acids is 2. The molecule has 0 saturated heterocycles. The van der Waals surface area contributed by atoms with Crippen LogP contribution in [0.4, 0.5) is 5.82 Å². The minimum absolute atomic E-state index is 0.0271. The first-order valence-corrected chi connectivity index (χ1v) is 7.39. The zero-order valence-corrected chi connectivity index (χ0v) is 12.6. The highest BCUT2D eigenvalue weighted by Crippen LogP contribution is 2.18. The van der Waals surface area contributed by atoms with Crippen molar-refractivity contribution in [3.8, 4) is 0 Å². The summed E-state index contributed by atoms with van der Waals surface area (Å²) in [6.07, 6.45) is 2.60. The van der Waals surface area contributed by atoms with E-state index in [1.54, 1.807) is 18.2 Å². The number of rotatable bonds is 6. The van der Waals surface area contributed by atoms with Crippen molar-refractivity contribution in [1.82, 2.24) is 10.3 Å². The van der Waals surface area contributed by atoms with Crippen molar-refractivity contribution in [2.45, 2.75) is 18.9 Å². The number of carbonyl (C=O) groups is 2. The summed E-state index contributed by atoms with van der Waals surface area (Å²) in [4.78, 5) is 28.0. The van der Waals surface area contributed by atoms with Crippen LogP contribution in [0.25, 0.3) is 0 Å². The summed E-state index contributed by atoms with van der Waals surface area (Å²) >= 11 is 0. The second-order valence-electron chi connectivity index (χ2n) is 4.97. The van der Waals surface area contributed by atoms with Gasteiger partial charge in [0, 0.05) is 12.8 Å². The Bertz CT molecular complexity index is 632. The van der Waals surface area contributed by atoms with Gasteiger partial charge in [0.05, 0.1) is 6.04 Å². The van der Waals surface area contributed by atoms with Crippen molar-refractivity contribution in [3.63, 3.8) is 0 Å². The fourth-order valence-electron chi connectivity index (χ4n) is 2.14. The predicted octanol–water partition coefficient (Wildman–Crippen LogP) is 1.65. The zero-order valence-electron chi connectivity index (χ0n) is 12.6. The van der Waals surface area contributed by atoms with Crippen molar-refractivity contribution >= 4 is 17.6 Å². The van der Waals surface area contributed by atoms with E-state index in [0.29, 0.717) is 18.7 Å². The number of aromatic nitrogens is 1. The molecule has 0 saturated carbocycles. The normalized spacial score (nSPS) is 11.5. The summed E-state index contributed by atoms with van der Waals surface area (Å²) in [7, 11) is 0. The van der Waals surface area contributed by atoms with Crippen LogP contribution in [0.1, 0.15) is 24.4 Å². The van der Waals surface area contributed by atoms with Crippen LogP contribution in [0.5, 0.6) is 0 Å². The zero-order chi connectivity index (χ0) is 16.5. The first-order valence-electron chi connectivity index (χ1n) is 7.39. The minimum Gasteiger partial charge on any atom is -0.396 e. The largest absolute Gasteiger partial charge is 0.396 e. The molecule has 0 unspecified atom stereocenters. The summed E-state index contributed by atoms with van der Waals surface area (Å²) in [6, 6.07) is 14.1. The smallest absolute Gasteiger partial charge is 0.314 e. The predicted molar refractivity (Wildman–Crippen MR) is 86.5 cm³/mol. The second kappa shape index (κ2) is 8.65. The molecule has 120 valence electrons. The van der Waals surface area contributed by atoms with Gasteiger partial charge in [0.2, 0.25) is 0 Å². The number of anilines is 1. The summed E-state index contributed by atoms with van der Waals surface area (Å²) < 4.78 is 0. The molecule has 1 heterocycles. The fourth-order valence-corrected chi connectivity index (χ4v) is 2.14. The van der Waals surface area contributed by atoms with Gasteiger partial charge in [-0.3, -0.25) is 9.59 Å². The van der Waals surface area contributed by atoms with Crippen molar-refractivity contribution < 1.29 is 14.7 Å². The number of aliphatic hydroxyl groups excluding tert-OH is 1. The first-order chi connectivity index (χ1) is 11.2. The molecule has 6 nitrogen and oxygen atoms in total. The average molecular weight is 313 g/mol. The molecule has 2 amide bonds. The molecule has 6 heteroatoms. The summed E-state index contributed by atoms with van der Waals surface area (Å²) in [6.45, 7) is 0.0271. The SMILES string of the molecule is O=C(Nc1ccccn1)C(=O)N[C@@H](CCCO)c1ccccc1. The van der Waals surface area contributed by atoms with Gasteiger partial charge in [-0.15, -0.1) is 0 Å². The highest BCUT2D eigenvalue weighted by atomic mass is 16.3. The lowest BCUT2D eigenvalue weighted by molar-refractivity contribution is -0.136. The van der Waals surface area contributed by atoms with Gasteiger partial charge in [-0.2, -0.15) is 0 Å². The molecule has 3 N–H and O–H groups in total. The number of nitrogens with one attached hydrogen (secondary N) is 2. The minimum atomic E-state index is -0.770. The van der Waals surface area contributed by atoms with E-state index in [1.807, 2.05) is 30.3 Å². The van der Waals surface area contributed by atoms with Crippen molar-refractivity contribution in [1.29, 1.82) is 0 Å². The third kappa shape index (κ3) is 5.19. The van der Waals surface area contributed by atoms with Gasteiger partial charge in [0.15, 0.2) is 0 Å². The Balaban J connectivity index is 2.00. The van der Waals surface area contributed by atoms with Crippen LogP contribution < -0.4 is 10.6 Å². The van der Waals surface area contributed by atoms with Gasteiger partial charge in [-0.05, 0) is 30.5 Å². The van der Waals surface area contributed by atoms with Crippen molar-refractivity contribution in [2.75, 3.05) is 11.9 Å². The average Bonchev–Trinajstić information content (AvgIpc) is 2.60. The quantitative estimate of drug-likeness (QED) is 0.707. The van der Waals surface area contributed by atoms with Gasteiger partial charge in [0.25, 0.3) is 0 Å². The summed E-state index contributed by atoms with van der Waals surface area (Å²) in [5.74, 6) is -1.18. The van der Waals surface area contributed by atoms with E-state index in [0.717, 1.165) is 5.56 Å². The lowest BCUT2D eigenvalue weighted by Gasteiger charge is -2.18. The molecular formula is C17H19N3O3. The second-order valence-corrected chi connectivity index (χ2v) is 4.97. The van der Waals surface area contributed by atoms with Crippen LogP contribution in [0.3, 0.4) is 0 Å². The molecular weight excluding hydrogens is 294 g/mol. The molecule has 0 aliphatic carbocycles. The van der Waals surface area contributed by atoms with Gasteiger partial charge < -0.3 is 15.7 Å². The maximum absolute atomic E-state index is 12.1. The van der Waals surface area contributed by atoms with Crippen LogP contribution >= 0.6 is 0 Å². The summed E-state index contributed by atoms with van der Waals surface area (Å²) in [5.41, 5.74) is 0.889. The Labute approximate surface area is 134 Å². The molecule has 23 heavy (non-hydrogen) atoms. The highest BCUT2D eigenvalue weighted by molar-refractivity contribution is 6.39. The van der Waals surface area contributed by atoms with Gasteiger partial charge in [-0.1, -0.05) is 36.4 Å². The molecule has 0 aliphatic heterocycles. The molecule has 2 rings (SSSR count). The molecule has 1 aromatic heterocycles. The maximum Gasteiger partial charge on any atom is 0.314 e. The van der Waals surface area contributed by atoms with Gasteiger partial charge in [-0.25, -0.2) is 4.98 Å². The Kier molecular flexibility index (Phi) is 6.26. The van der Waals surface area contributed by atoms with E-state index in [1.165, 1.54) is 6.20 Å². The van der Waals surface area contributed by atoms with E-state index < -0.39 is 11.8 Å². The molecule has 1 aromatic carbocycles. The van der Waals surface area contributed by atoms with E-state index in [2.05, 4.69) is 15.6 Å². The molecule has 0 spiro atoms. The van der Waals surface area contributed by atoms with Crippen LogP contribution in [0, 0.1) is 0 Å². The number of nitrogens with zero attached hydrogens (tertiary/aromatic N) is 1. The van der Waals surface area contributed by atoms with Crippen molar-refractivity contribution in [3.05, 3.63) is 60.3 Å². The third-order valence-corrected chi connectivity index (χ3v) is 3.27. The monoisotopic (exact) mass is 313 g/mol. The number of hydrogen-bond acceptors (Lipinski definition) is 4. The Morgan fingerprint density at radius 2 is 1.78 bits per heavy atom. The summed E-state index contributed by atoms with van der Waals surface area (Å²) in [5, 5.41) is 14.1. The fraction of sp³-hybridized carbons (Fsp3) is 0.235. The Morgan fingerprint density at radius 3 is 2.43 bits per heavy atom. The number of hydrogen-bond donors (Lipinski definition) is 3. The lowest BCUT2D eigenvalue weighted by atomic mass is 10.0. The van der Waals surface area contributed by atoms with Gasteiger partial charge in [0.1, 0.15) is 5.82 Å². The lowest BCUT2D eigenvalue weighted by Crippen LogP contribution is -2.38. The first kappa shape index (κ1) is 16.6. The molecule has 0 aliphatic rings. The highest BCUT2D eigenvalue weighted by Gasteiger charge is 2.20. The van der Waals surface area contributed by atoms with E-state index in [-0.39, 0.29) is 12.6 Å². The number of pyridine rings is 1. The van der Waals surface area contributed by atoms with Crippen LogP contribution in [0.2, 0.25) is 0 Å². The third-order valence-electron chi connectivity index (χ3n) is 3.27. The standard InChI is InChI=1S/C17H19N3O3/c21-12-6-9-14(13-7-2-1-3-8-13)19-16(22)17(23)20-15-10-4-5-11-18-15/h1-5,7-8,10-11,14,21H,6,9,12H2,(H,19,22)(H,18,20,23)/t14-/m0/s1. The van der Waals surface area contributed by atoms with Crippen molar-refractivity contribution in [2.24, 2.45) is 0 Å².